The first-order chi connectivity index (χ1) is 15.2. The van der Waals surface area contributed by atoms with E-state index in [4.69, 9.17) is 0 Å². The van der Waals surface area contributed by atoms with E-state index >= 15 is 0 Å². The van der Waals surface area contributed by atoms with E-state index in [2.05, 4.69) is 12.2 Å². The zero-order valence-electron chi connectivity index (χ0n) is 18.9. The Kier molecular flexibility index (Phi) is 8.27. The predicted molar refractivity (Wildman–Crippen MR) is 120 cm³/mol. The second-order valence-corrected chi connectivity index (χ2v) is 10.9. The first kappa shape index (κ1) is 24.6. The lowest BCUT2D eigenvalue weighted by molar-refractivity contribution is -0.143. The van der Waals surface area contributed by atoms with Gasteiger partial charge in [-0.3, -0.25) is 9.59 Å². The lowest BCUT2D eigenvalue weighted by atomic mass is 9.90. The molecule has 1 N–H and O–H groups in total. The molecule has 3 unspecified atom stereocenters. The summed E-state index contributed by atoms with van der Waals surface area (Å²) in [5.41, 5.74) is 0. The molecule has 0 bridgehead atoms. The lowest BCUT2D eigenvalue weighted by Crippen LogP contribution is -2.53. The molecule has 1 aromatic carbocycles. The van der Waals surface area contributed by atoms with Crippen molar-refractivity contribution < 1.29 is 22.4 Å². The third-order valence-corrected chi connectivity index (χ3v) is 8.43. The number of piperidine rings is 2. The summed E-state index contributed by atoms with van der Waals surface area (Å²) in [6, 6.07) is 4.78. The zero-order valence-corrected chi connectivity index (χ0v) is 19.7. The molecule has 2 aliphatic heterocycles. The summed E-state index contributed by atoms with van der Waals surface area (Å²) in [5.74, 6) is -1.25. The Balaban J connectivity index is 1.66. The third-order valence-electron chi connectivity index (χ3n) is 6.55. The maximum atomic E-state index is 13.4. The molecule has 2 fully saturated rings. The van der Waals surface area contributed by atoms with Crippen LogP contribution >= 0.6 is 0 Å². The van der Waals surface area contributed by atoms with Gasteiger partial charge < -0.3 is 10.2 Å². The van der Waals surface area contributed by atoms with Crippen LogP contribution in [0.4, 0.5) is 4.39 Å². The van der Waals surface area contributed by atoms with E-state index in [1.165, 1.54) is 16.4 Å². The number of carbonyl (C=O) groups excluding carboxylic acids is 2. The molecule has 3 rings (SSSR count). The number of likely N-dealkylation sites (tertiary alicyclic amines) is 1. The van der Waals surface area contributed by atoms with E-state index in [-0.39, 0.29) is 35.2 Å². The highest BCUT2D eigenvalue weighted by Crippen LogP contribution is 2.29. The normalized spacial score (nSPS) is 24.8. The van der Waals surface area contributed by atoms with Crippen LogP contribution in [0.1, 0.15) is 52.4 Å². The number of rotatable bonds is 7. The summed E-state index contributed by atoms with van der Waals surface area (Å²) in [5, 5.41) is 2.97. The molecule has 0 saturated carbocycles. The van der Waals surface area contributed by atoms with Crippen molar-refractivity contribution >= 4 is 21.8 Å². The molecule has 178 valence electrons. The number of hydrogen-bond donors (Lipinski definition) is 1. The number of nitrogens with one attached hydrogen (secondary N) is 1. The minimum Gasteiger partial charge on any atom is -0.356 e. The van der Waals surface area contributed by atoms with Crippen molar-refractivity contribution in [3.05, 3.63) is 30.1 Å². The van der Waals surface area contributed by atoms with Crippen LogP contribution in [0.3, 0.4) is 0 Å². The van der Waals surface area contributed by atoms with Crippen LogP contribution in [0.25, 0.3) is 0 Å². The molecule has 1 aromatic rings. The van der Waals surface area contributed by atoms with E-state index in [1.807, 2.05) is 6.92 Å². The van der Waals surface area contributed by atoms with Gasteiger partial charge in [-0.25, -0.2) is 12.8 Å². The highest BCUT2D eigenvalue weighted by Gasteiger charge is 2.39. The van der Waals surface area contributed by atoms with E-state index in [0.29, 0.717) is 32.5 Å². The topological polar surface area (TPSA) is 86.8 Å². The quantitative estimate of drug-likeness (QED) is 0.625. The van der Waals surface area contributed by atoms with E-state index < -0.39 is 21.8 Å². The van der Waals surface area contributed by atoms with E-state index in [0.717, 1.165) is 37.8 Å². The summed E-state index contributed by atoms with van der Waals surface area (Å²) in [7, 11) is -3.79. The Labute approximate surface area is 190 Å². The summed E-state index contributed by atoms with van der Waals surface area (Å²) >= 11 is 0. The van der Waals surface area contributed by atoms with Gasteiger partial charge in [-0.05, 0) is 63.3 Å². The summed E-state index contributed by atoms with van der Waals surface area (Å²) in [4.78, 5) is 27.7. The van der Waals surface area contributed by atoms with Gasteiger partial charge in [0.25, 0.3) is 0 Å². The van der Waals surface area contributed by atoms with Crippen molar-refractivity contribution in [2.45, 2.75) is 63.3 Å². The van der Waals surface area contributed by atoms with Crippen LogP contribution in [0, 0.1) is 17.7 Å². The molecule has 2 aliphatic rings. The van der Waals surface area contributed by atoms with Gasteiger partial charge in [0.05, 0.1) is 16.7 Å². The van der Waals surface area contributed by atoms with Crippen molar-refractivity contribution in [2.24, 2.45) is 11.8 Å². The van der Waals surface area contributed by atoms with Crippen LogP contribution < -0.4 is 5.32 Å². The molecule has 0 aromatic heterocycles. The number of halogens is 1. The molecule has 9 heteroatoms. The van der Waals surface area contributed by atoms with Gasteiger partial charge in [-0.15, -0.1) is 0 Å². The Morgan fingerprint density at radius 1 is 1.09 bits per heavy atom. The number of benzene rings is 1. The van der Waals surface area contributed by atoms with Crippen molar-refractivity contribution in [1.29, 1.82) is 0 Å². The Hall–Kier alpha value is -2.00. The fourth-order valence-electron chi connectivity index (χ4n) is 4.51. The van der Waals surface area contributed by atoms with Crippen molar-refractivity contribution in [1.82, 2.24) is 14.5 Å². The van der Waals surface area contributed by atoms with Crippen molar-refractivity contribution in [3.8, 4) is 0 Å². The highest BCUT2D eigenvalue weighted by atomic mass is 32.2. The van der Waals surface area contributed by atoms with Crippen molar-refractivity contribution in [2.75, 3.05) is 26.2 Å². The molecule has 2 heterocycles. The third kappa shape index (κ3) is 5.67. The van der Waals surface area contributed by atoms with Gasteiger partial charge in [-0.2, -0.15) is 4.31 Å². The molecular weight excluding hydrogens is 433 g/mol. The molecule has 3 atom stereocenters. The fraction of sp³-hybridized carbons (Fsp3) is 0.652. The maximum Gasteiger partial charge on any atom is 0.243 e. The second-order valence-electron chi connectivity index (χ2n) is 8.91. The summed E-state index contributed by atoms with van der Waals surface area (Å²) in [6.45, 7) is 5.52. The first-order valence-electron chi connectivity index (χ1n) is 11.6. The number of carbonyl (C=O) groups is 2. The predicted octanol–water partition coefficient (Wildman–Crippen LogP) is 2.77. The Bertz CT molecular complexity index is 906. The van der Waals surface area contributed by atoms with Crippen molar-refractivity contribution in [3.63, 3.8) is 0 Å². The largest absolute Gasteiger partial charge is 0.356 e. The molecule has 2 saturated heterocycles. The number of amides is 2. The van der Waals surface area contributed by atoms with Gasteiger partial charge >= 0.3 is 0 Å². The van der Waals surface area contributed by atoms with E-state index in [1.54, 1.807) is 4.90 Å². The number of hydrogen-bond acceptors (Lipinski definition) is 4. The summed E-state index contributed by atoms with van der Waals surface area (Å²) in [6.07, 6.45) is 4.63. The number of unbranched alkanes of at least 4 members (excludes halogenated alkanes) is 1. The maximum absolute atomic E-state index is 13.4. The number of nitrogens with zero attached hydrogens (tertiary/aromatic N) is 2. The monoisotopic (exact) mass is 467 g/mol. The second kappa shape index (κ2) is 10.7. The standard InChI is InChI=1S/C23H34FN3O4S/c1-3-4-13-25-22(28)18-8-7-17(2)27(16-18)23(29)19-6-5-14-26(15-19)32(30,31)21-11-9-20(24)10-12-21/h9-12,17-19H,3-8,13-16H2,1-2H3,(H,25,28). The van der Waals surface area contributed by atoms with Gasteiger partial charge in [0, 0.05) is 32.2 Å². The van der Waals surface area contributed by atoms with Crippen LogP contribution in [-0.4, -0.2) is 61.7 Å². The SMILES string of the molecule is CCCCNC(=O)C1CCC(C)N(C(=O)C2CCCN(S(=O)(=O)c3ccc(F)cc3)C2)C1. The van der Waals surface area contributed by atoms with Crippen LogP contribution in [0.5, 0.6) is 0 Å². The average Bonchev–Trinajstić information content (AvgIpc) is 2.79. The molecule has 0 spiro atoms. The van der Waals surface area contributed by atoms with E-state index in [9.17, 15) is 22.4 Å². The smallest absolute Gasteiger partial charge is 0.243 e. The van der Waals surface area contributed by atoms with Gasteiger partial charge in [0.2, 0.25) is 21.8 Å². The van der Waals surface area contributed by atoms with Crippen LogP contribution in [-0.2, 0) is 19.6 Å². The molecule has 7 nitrogen and oxygen atoms in total. The Morgan fingerprint density at radius 2 is 1.81 bits per heavy atom. The molecule has 32 heavy (non-hydrogen) atoms. The molecule has 0 aliphatic carbocycles. The Morgan fingerprint density at radius 3 is 2.50 bits per heavy atom. The fourth-order valence-corrected chi connectivity index (χ4v) is 6.04. The summed E-state index contributed by atoms with van der Waals surface area (Å²) < 4.78 is 40.5. The highest BCUT2D eigenvalue weighted by molar-refractivity contribution is 7.89. The lowest BCUT2D eigenvalue weighted by Gasteiger charge is -2.41. The molecule has 2 amide bonds. The van der Waals surface area contributed by atoms with Gasteiger partial charge in [0.15, 0.2) is 0 Å². The van der Waals surface area contributed by atoms with Crippen LogP contribution in [0.2, 0.25) is 0 Å². The van der Waals surface area contributed by atoms with Crippen LogP contribution in [0.15, 0.2) is 29.2 Å². The average molecular weight is 468 g/mol. The minimum atomic E-state index is -3.79. The number of sulfonamides is 1. The zero-order chi connectivity index (χ0) is 23.3. The minimum absolute atomic E-state index is 0.00712. The molecular formula is C23H34FN3O4S. The molecule has 0 radical (unpaired) electrons. The van der Waals surface area contributed by atoms with Gasteiger partial charge in [-0.1, -0.05) is 13.3 Å². The van der Waals surface area contributed by atoms with Gasteiger partial charge in [0.1, 0.15) is 5.82 Å². The first-order valence-corrected chi connectivity index (χ1v) is 13.0.